The fourth-order valence-corrected chi connectivity index (χ4v) is 4.49. The van der Waals surface area contributed by atoms with Crippen LogP contribution in [0.2, 0.25) is 0 Å². The monoisotopic (exact) mass is 272 g/mol. The molecule has 0 radical (unpaired) electrons. The van der Waals surface area contributed by atoms with Crippen molar-refractivity contribution < 1.29 is 4.79 Å². The first kappa shape index (κ1) is 12.1. The third-order valence-corrected chi connectivity index (χ3v) is 5.26. The predicted octanol–water partition coefficient (Wildman–Crippen LogP) is 1.68. The fourth-order valence-electron chi connectivity index (χ4n) is 4.49. The maximum Gasteiger partial charge on any atom is 0.271 e. The second-order valence-corrected chi connectivity index (χ2v) is 6.31. The van der Waals surface area contributed by atoms with Crippen molar-refractivity contribution in [1.82, 2.24) is 15.3 Å². The van der Waals surface area contributed by atoms with E-state index < -0.39 is 0 Å². The molecule has 0 aliphatic heterocycles. The standard InChI is InChI=1S/C15H20N4O/c1-2-17-11-7-16-6-10(18-11)15(20)19-14-12-8-3-4-9(5-8)13(12)14/h6-9,12-14H,2-5H2,1H3,(H,17,18)(H,19,20). The van der Waals surface area contributed by atoms with Gasteiger partial charge in [0.2, 0.25) is 0 Å². The molecule has 4 rings (SSSR count). The normalized spacial score (nSPS) is 36.5. The number of rotatable bonds is 4. The molecule has 4 unspecified atom stereocenters. The van der Waals surface area contributed by atoms with E-state index in [1.165, 1.54) is 19.3 Å². The zero-order valence-corrected chi connectivity index (χ0v) is 11.7. The molecule has 106 valence electrons. The van der Waals surface area contributed by atoms with Crippen molar-refractivity contribution in [2.24, 2.45) is 23.7 Å². The Morgan fingerprint density at radius 3 is 2.75 bits per heavy atom. The first-order valence-electron chi connectivity index (χ1n) is 7.64. The maximum absolute atomic E-state index is 12.3. The summed E-state index contributed by atoms with van der Waals surface area (Å²) >= 11 is 0. The highest BCUT2D eigenvalue weighted by molar-refractivity contribution is 5.92. The van der Waals surface area contributed by atoms with E-state index in [0.717, 1.165) is 30.2 Å². The van der Waals surface area contributed by atoms with Crippen LogP contribution in [0.25, 0.3) is 0 Å². The fraction of sp³-hybridized carbons (Fsp3) is 0.667. The van der Waals surface area contributed by atoms with Gasteiger partial charge >= 0.3 is 0 Å². The molecule has 3 aliphatic rings. The Kier molecular flexibility index (Phi) is 2.69. The van der Waals surface area contributed by atoms with Gasteiger partial charge in [0.05, 0.1) is 12.4 Å². The van der Waals surface area contributed by atoms with Crippen molar-refractivity contribution >= 4 is 11.7 Å². The minimum Gasteiger partial charge on any atom is -0.369 e. The van der Waals surface area contributed by atoms with Crippen molar-refractivity contribution in [3.63, 3.8) is 0 Å². The lowest BCUT2D eigenvalue weighted by Crippen LogP contribution is -2.30. The van der Waals surface area contributed by atoms with Crippen LogP contribution in [-0.4, -0.2) is 28.5 Å². The van der Waals surface area contributed by atoms with Gasteiger partial charge in [-0.1, -0.05) is 0 Å². The summed E-state index contributed by atoms with van der Waals surface area (Å²) in [5, 5.41) is 6.26. The maximum atomic E-state index is 12.3. The van der Waals surface area contributed by atoms with E-state index in [0.29, 0.717) is 17.6 Å². The molecule has 0 saturated heterocycles. The molecule has 5 heteroatoms. The van der Waals surface area contributed by atoms with Crippen LogP contribution in [0.3, 0.4) is 0 Å². The molecule has 20 heavy (non-hydrogen) atoms. The summed E-state index contributed by atoms with van der Waals surface area (Å²) in [5.41, 5.74) is 0.417. The number of amides is 1. The minimum absolute atomic E-state index is 0.0731. The van der Waals surface area contributed by atoms with Gasteiger partial charge < -0.3 is 10.6 Å². The van der Waals surface area contributed by atoms with Gasteiger partial charge in [-0.2, -0.15) is 0 Å². The van der Waals surface area contributed by atoms with Crippen molar-refractivity contribution in [3.8, 4) is 0 Å². The molecule has 2 bridgehead atoms. The first-order chi connectivity index (χ1) is 9.78. The van der Waals surface area contributed by atoms with Gasteiger partial charge in [-0.15, -0.1) is 0 Å². The summed E-state index contributed by atoms with van der Waals surface area (Å²) in [6, 6.07) is 0.401. The Morgan fingerprint density at radius 1 is 1.30 bits per heavy atom. The number of hydrogen-bond acceptors (Lipinski definition) is 4. The lowest BCUT2D eigenvalue weighted by molar-refractivity contribution is 0.0939. The number of hydrogen-bond donors (Lipinski definition) is 2. The highest BCUT2D eigenvalue weighted by atomic mass is 16.2. The molecule has 5 nitrogen and oxygen atoms in total. The predicted molar refractivity (Wildman–Crippen MR) is 75.3 cm³/mol. The van der Waals surface area contributed by atoms with E-state index in [9.17, 15) is 4.79 Å². The van der Waals surface area contributed by atoms with Gasteiger partial charge in [-0.05, 0) is 49.9 Å². The molecule has 3 saturated carbocycles. The summed E-state index contributed by atoms with van der Waals surface area (Å²) in [4.78, 5) is 20.7. The van der Waals surface area contributed by atoms with Gasteiger partial charge in [0.25, 0.3) is 5.91 Å². The molecule has 3 aliphatic carbocycles. The lowest BCUT2D eigenvalue weighted by atomic mass is 10.0. The average molecular weight is 272 g/mol. The number of anilines is 1. The van der Waals surface area contributed by atoms with Crippen molar-refractivity contribution in [2.75, 3.05) is 11.9 Å². The second-order valence-electron chi connectivity index (χ2n) is 6.31. The molecule has 0 aromatic carbocycles. The van der Waals surface area contributed by atoms with Gasteiger partial charge in [-0.3, -0.25) is 9.78 Å². The number of aromatic nitrogens is 2. The zero-order chi connectivity index (χ0) is 13.7. The lowest BCUT2D eigenvalue weighted by Gasteiger charge is -2.10. The molecule has 1 heterocycles. The molecule has 0 spiro atoms. The Morgan fingerprint density at radius 2 is 2.05 bits per heavy atom. The molecule has 1 aromatic heterocycles. The summed E-state index contributed by atoms with van der Waals surface area (Å²) in [5.74, 6) is 3.83. The molecular formula is C15H20N4O. The van der Waals surface area contributed by atoms with E-state index in [1.807, 2.05) is 6.92 Å². The van der Waals surface area contributed by atoms with Crippen LogP contribution in [0.15, 0.2) is 12.4 Å². The van der Waals surface area contributed by atoms with Crippen molar-refractivity contribution in [2.45, 2.75) is 32.2 Å². The van der Waals surface area contributed by atoms with Gasteiger partial charge in [0, 0.05) is 12.6 Å². The SMILES string of the molecule is CCNc1cncc(C(=O)NC2C3C4CCC(C4)C23)n1. The Hall–Kier alpha value is -1.65. The third-order valence-electron chi connectivity index (χ3n) is 5.26. The zero-order valence-electron chi connectivity index (χ0n) is 11.7. The van der Waals surface area contributed by atoms with Crippen LogP contribution in [0.1, 0.15) is 36.7 Å². The number of nitrogens with zero attached hydrogens (tertiary/aromatic N) is 2. The molecule has 1 aromatic rings. The topological polar surface area (TPSA) is 66.9 Å². The third kappa shape index (κ3) is 1.79. The van der Waals surface area contributed by atoms with Crippen LogP contribution < -0.4 is 10.6 Å². The van der Waals surface area contributed by atoms with Gasteiger partial charge in [0.15, 0.2) is 0 Å². The van der Waals surface area contributed by atoms with E-state index in [4.69, 9.17) is 0 Å². The highest BCUT2D eigenvalue weighted by Crippen LogP contribution is 2.65. The van der Waals surface area contributed by atoms with Crippen molar-refractivity contribution in [3.05, 3.63) is 18.1 Å². The van der Waals surface area contributed by atoms with Crippen LogP contribution in [0, 0.1) is 23.7 Å². The van der Waals surface area contributed by atoms with Crippen LogP contribution in [0.4, 0.5) is 5.82 Å². The van der Waals surface area contributed by atoms with Gasteiger partial charge in [0.1, 0.15) is 11.5 Å². The number of nitrogens with one attached hydrogen (secondary N) is 2. The Labute approximate surface area is 118 Å². The van der Waals surface area contributed by atoms with Crippen LogP contribution >= 0.6 is 0 Å². The molecule has 1 amide bonds. The second kappa shape index (κ2) is 4.43. The summed E-state index contributed by atoms with van der Waals surface area (Å²) in [6.45, 7) is 2.77. The van der Waals surface area contributed by atoms with E-state index >= 15 is 0 Å². The van der Waals surface area contributed by atoms with E-state index in [-0.39, 0.29) is 5.91 Å². The molecule has 4 atom stereocenters. The van der Waals surface area contributed by atoms with Crippen LogP contribution in [0.5, 0.6) is 0 Å². The van der Waals surface area contributed by atoms with Crippen LogP contribution in [-0.2, 0) is 0 Å². The van der Waals surface area contributed by atoms with Crippen molar-refractivity contribution in [1.29, 1.82) is 0 Å². The smallest absolute Gasteiger partial charge is 0.271 e. The molecule has 2 N–H and O–H groups in total. The Balaban J connectivity index is 1.43. The van der Waals surface area contributed by atoms with Gasteiger partial charge in [-0.25, -0.2) is 4.98 Å². The first-order valence-corrected chi connectivity index (χ1v) is 7.64. The summed E-state index contributed by atoms with van der Waals surface area (Å²) in [7, 11) is 0. The number of carbonyl (C=O) groups is 1. The van der Waals surface area contributed by atoms with E-state index in [1.54, 1.807) is 12.4 Å². The summed E-state index contributed by atoms with van der Waals surface area (Å²) in [6.07, 6.45) is 7.33. The molecular weight excluding hydrogens is 252 g/mol. The largest absolute Gasteiger partial charge is 0.369 e. The summed E-state index contributed by atoms with van der Waals surface area (Å²) < 4.78 is 0. The average Bonchev–Trinajstić information content (AvgIpc) is 2.84. The number of carbonyl (C=O) groups excluding carboxylic acids is 1. The van der Waals surface area contributed by atoms with E-state index in [2.05, 4.69) is 20.6 Å². The highest BCUT2D eigenvalue weighted by Gasteiger charge is 2.65. The number of fused-ring (bicyclic) bond motifs is 5. The minimum atomic E-state index is -0.0731. The Bertz CT molecular complexity index is 530. The molecule has 3 fully saturated rings. The quantitative estimate of drug-likeness (QED) is 0.875.